The van der Waals surface area contributed by atoms with Gasteiger partial charge in [0.05, 0.1) is 5.69 Å². The van der Waals surface area contributed by atoms with E-state index in [1.165, 1.54) is 95.9 Å². The summed E-state index contributed by atoms with van der Waals surface area (Å²) in [5.41, 5.74) is 12.4. The average Bonchev–Trinajstić information content (AvgIpc) is 3.42. The Labute approximate surface area is 265 Å². The summed E-state index contributed by atoms with van der Waals surface area (Å²) < 4.78 is 2.04. The maximum atomic E-state index is 4.92. The van der Waals surface area contributed by atoms with Crippen LogP contribution in [0.25, 0.3) is 39.3 Å². The van der Waals surface area contributed by atoms with Gasteiger partial charge < -0.3 is 0 Å². The Balaban J connectivity index is 1.38. The summed E-state index contributed by atoms with van der Waals surface area (Å²) in [5, 5.41) is 4.90. The molecule has 0 spiro atoms. The van der Waals surface area contributed by atoms with E-state index >= 15 is 0 Å². The molecule has 0 bridgehead atoms. The molecule has 0 aliphatic rings. The van der Waals surface area contributed by atoms with Gasteiger partial charge in [-0.05, 0) is 109 Å². The minimum absolute atomic E-state index is 0.773. The molecule has 44 heavy (non-hydrogen) atoms. The van der Waals surface area contributed by atoms with Crippen molar-refractivity contribution in [2.24, 2.45) is 0 Å². The predicted molar refractivity (Wildman–Crippen MR) is 188 cm³/mol. The van der Waals surface area contributed by atoms with Gasteiger partial charge in [0.25, 0.3) is 0 Å². The number of unbranched alkanes of at least 4 members (excludes halogenated alkanes) is 6. The zero-order chi connectivity index (χ0) is 30.9. The van der Waals surface area contributed by atoms with Gasteiger partial charge >= 0.3 is 0 Å². The molecule has 0 saturated heterocycles. The number of hydrogen-bond donors (Lipinski definition) is 0. The third kappa shape index (κ3) is 7.75. The highest BCUT2D eigenvalue weighted by atomic mass is 15.4. The van der Waals surface area contributed by atoms with Crippen molar-refractivity contribution >= 4 is 0 Å². The van der Waals surface area contributed by atoms with Gasteiger partial charge in [0.15, 0.2) is 5.82 Å². The number of aromatic nitrogens is 3. The van der Waals surface area contributed by atoms with Crippen LogP contribution in [0.3, 0.4) is 0 Å². The SMILES string of the molecule is CCCCCCc1ccc(-c2cccc(-c3nc(C)nn3-c3c(C)cc(-c4ccc(CCCCCC)cc4)cc3C)c2)cc1. The molecule has 0 radical (unpaired) electrons. The molecule has 5 aromatic rings. The van der Waals surface area contributed by atoms with Crippen LogP contribution in [-0.4, -0.2) is 14.8 Å². The molecule has 0 unspecified atom stereocenters. The maximum absolute atomic E-state index is 4.92. The van der Waals surface area contributed by atoms with Crippen molar-refractivity contribution in [3.63, 3.8) is 0 Å². The van der Waals surface area contributed by atoms with Crippen LogP contribution in [-0.2, 0) is 12.8 Å². The van der Waals surface area contributed by atoms with Crippen LogP contribution in [0, 0.1) is 20.8 Å². The second-order valence-corrected chi connectivity index (χ2v) is 12.4. The molecule has 5 rings (SSSR count). The monoisotopic (exact) mass is 583 g/mol. The normalized spacial score (nSPS) is 11.3. The van der Waals surface area contributed by atoms with Crippen LogP contribution in [0.4, 0.5) is 0 Å². The van der Waals surface area contributed by atoms with E-state index in [0.29, 0.717) is 0 Å². The first kappa shape index (κ1) is 31.4. The summed E-state index contributed by atoms with van der Waals surface area (Å²) in [7, 11) is 0. The van der Waals surface area contributed by atoms with Crippen molar-refractivity contribution in [2.75, 3.05) is 0 Å². The smallest absolute Gasteiger partial charge is 0.163 e. The quantitative estimate of drug-likeness (QED) is 0.122. The summed E-state index contributed by atoms with van der Waals surface area (Å²) in [5.74, 6) is 1.65. The van der Waals surface area contributed by atoms with E-state index in [-0.39, 0.29) is 0 Å². The van der Waals surface area contributed by atoms with E-state index in [1.54, 1.807) is 0 Å². The fraction of sp³-hybridized carbons (Fsp3) is 0.366. The second kappa shape index (κ2) is 15.1. The van der Waals surface area contributed by atoms with Crippen molar-refractivity contribution in [3.8, 4) is 39.3 Å². The van der Waals surface area contributed by atoms with Gasteiger partial charge in [0.2, 0.25) is 0 Å². The highest BCUT2D eigenvalue weighted by molar-refractivity contribution is 5.73. The van der Waals surface area contributed by atoms with E-state index < -0.39 is 0 Å². The lowest BCUT2D eigenvalue weighted by Gasteiger charge is -2.15. The summed E-state index contributed by atoms with van der Waals surface area (Å²) in [6, 6.07) is 31.5. The molecule has 0 fully saturated rings. The standard InChI is InChI=1S/C41H49N3/c1-6-8-10-12-15-33-19-23-35(24-20-33)37-17-14-18-38(29-37)41-42-32(5)43-44(41)40-30(3)27-39(28-31(40)4)36-25-21-34(22-26-36)16-13-11-9-7-2/h14,17-29H,6-13,15-16H2,1-5H3. The Morgan fingerprint density at radius 2 is 1.05 bits per heavy atom. The fourth-order valence-corrected chi connectivity index (χ4v) is 6.29. The Kier molecular flexibility index (Phi) is 10.8. The van der Waals surface area contributed by atoms with Gasteiger partial charge in [0, 0.05) is 5.56 Å². The minimum Gasteiger partial charge on any atom is -0.212 e. The van der Waals surface area contributed by atoms with Crippen LogP contribution >= 0.6 is 0 Å². The summed E-state index contributed by atoms with van der Waals surface area (Å²) in [6.07, 6.45) is 12.7. The maximum Gasteiger partial charge on any atom is 0.163 e. The predicted octanol–water partition coefficient (Wildman–Crippen LogP) is 11.4. The Morgan fingerprint density at radius 1 is 0.523 bits per heavy atom. The molecule has 0 amide bonds. The molecule has 228 valence electrons. The number of nitrogens with zero attached hydrogens (tertiary/aromatic N) is 3. The third-order valence-electron chi connectivity index (χ3n) is 8.75. The molecular formula is C41H49N3. The summed E-state index contributed by atoms with van der Waals surface area (Å²) >= 11 is 0. The third-order valence-corrected chi connectivity index (χ3v) is 8.75. The first-order chi connectivity index (χ1) is 21.5. The molecule has 1 heterocycles. The first-order valence-electron chi connectivity index (χ1n) is 16.8. The summed E-state index contributed by atoms with van der Waals surface area (Å²) in [4.78, 5) is 4.92. The number of rotatable bonds is 14. The van der Waals surface area contributed by atoms with E-state index in [2.05, 4.69) is 113 Å². The van der Waals surface area contributed by atoms with Crippen LogP contribution in [0.1, 0.15) is 93.3 Å². The van der Waals surface area contributed by atoms with E-state index in [4.69, 9.17) is 10.1 Å². The van der Waals surface area contributed by atoms with Crippen molar-refractivity contribution in [1.29, 1.82) is 0 Å². The van der Waals surface area contributed by atoms with Crippen LogP contribution in [0.15, 0.2) is 84.9 Å². The summed E-state index contributed by atoms with van der Waals surface area (Å²) in [6.45, 7) is 10.9. The second-order valence-electron chi connectivity index (χ2n) is 12.4. The molecule has 3 heteroatoms. The first-order valence-corrected chi connectivity index (χ1v) is 16.8. The van der Waals surface area contributed by atoms with Gasteiger partial charge in [-0.15, -0.1) is 0 Å². The average molecular weight is 584 g/mol. The van der Waals surface area contributed by atoms with Crippen molar-refractivity contribution in [2.45, 2.75) is 98.8 Å². The molecule has 3 nitrogen and oxygen atoms in total. The molecule has 0 aliphatic heterocycles. The van der Waals surface area contributed by atoms with Crippen molar-refractivity contribution in [3.05, 3.63) is 113 Å². The van der Waals surface area contributed by atoms with Crippen LogP contribution in [0.2, 0.25) is 0 Å². The minimum atomic E-state index is 0.773. The largest absolute Gasteiger partial charge is 0.212 e. The zero-order valence-electron chi connectivity index (χ0n) is 27.5. The molecular weight excluding hydrogens is 534 g/mol. The Bertz CT molecular complexity index is 1620. The molecule has 1 aromatic heterocycles. The topological polar surface area (TPSA) is 30.7 Å². The molecule has 0 saturated carbocycles. The lowest BCUT2D eigenvalue weighted by Crippen LogP contribution is -2.05. The molecule has 4 aromatic carbocycles. The van der Waals surface area contributed by atoms with E-state index in [0.717, 1.165) is 35.7 Å². The van der Waals surface area contributed by atoms with Crippen LogP contribution < -0.4 is 0 Å². The van der Waals surface area contributed by atoms with Gasteiger partial charge in [-0.25, -0.2) is 9.67 Å². The van der Waals surface area contributed by atoms with Gasteiger partial charge in [-0.2, -0.15) is 5.10 Å². The van der Waals surface area contributed by atoms with Gasteiger partial charge in [-0.1, -0.05) is 119 Å². The Morgan fingerprint density at radius 3 is 1.59 bits per heavy atom. The van der Waals surface area contributed by atoms with Gasteiger partial charge in [0.1, 0.15) is 5.82 Å². The highest BCUT2D eigenvalue weighted by Gasteiger charge is 2.17. The number of hydrogen-bond acceptors (Lipinski definition) is 2. The number of aryl methyl sites for hydroxylation is 5. The number of benzene rings is 4. The van der Waals surface area contributed by atoms with Gasteiger partial charge in [-0.3, -0.25) is 0 Å². The zero-order valence-corrected chi connectivity index (χ0v) is 27.5. The van der Waals surface area contributed by atoms with Crippen molar-refractivity contribution < 1.29 is 0 Å². The van der Waals surface area contributed by atoms with Crippen molar-refractivity contribution in [1.82, 2.24) is 14.8 Å². The fourth-order valence-electron chi connectivity index (χ4n) is 6.29. The lowest BCUT2D eigenvalue weighted by atomic mass is 9.97. The molecule has 0 atom stereocenters. The lowest BCUT2D eigenvalue weighted by molar-refractivity contribution is 0.667. The van der Waals surface area contributed by atoms with Crippen LogP contribution in [0.5, 0.6) is 0 Å². The molecule has 0 N–H and O–H groups in total. The van der Waals surface area contributed by atoms with E-state index in [1.807, 2.05) is 11.6 Å². The Hall–Kier alpha value is -3.98. The van der Waals surface area contributed by atoms with E-state index in [9.17, 15) is 0 Å². The molecule has 0 aliphatic carbocycles. The highest BCUT2D eigenvalue weighted by Crippen LogP contribution is 2.32.